The normalized spacial score (nSPS) is 17.3. The Morgan fingerprint density at radius 2 is 1.71 bits per heavy atom. The highest BCUT2D eigenvalue weighted by atomic mass is 16.5. The third-order valence-electron chi connectivity index (χ3n) is 8.14. The van der Waals surface area contributed by atoms with Crippen molar-refractivity contribution in [2.75, 3.05) is 6.61 Å². The second-order valence-electron chi connectivity index (χ2n) is 12.7. The Labute approximate surface area is 253 Å². The van der Waals surface area contributed by atoms with Gasteiger partial charge in [-0.15, -0.1) is 0 Å². The molecule has 0 aromatic heterocycles. The Morgan fingerprint density at radius 3 is 2.46 bits per heavy atom. The fraction of sp³-hybridized carbons (Fsp3) is 0.658. The largest absolute Gasteiger partial charge is 0.461 e. The van der Waals surface area contributed by atoms with Crippen molar-refractivity contribution in [1.29, 1.82) is 0 Å². The molecule has 0 radical (unpaired) electrons. The summed E-state index contributed by atoms with van der Waals surface area (Å²) in [5.74, 6) is -0.106. The van der Waals surface area contributed by atoms with Gasteiger partial charge in [0.05, 0.1) is 6.10 Å². The standard InChI is InChI=1S/C38H62O3/c1-7-8-9-16-24-35(39)25-17-14-12-10-11-13-15-18-26-37(40)41-31-29-33(3)22-19-21-32(2)27-28-36-34(4)23-20-30-38(36,5)6/h14,17,19,21-22,27-29,35,39H,7-13,15-16,18,20,23-26,30-31H2,1-6H3/b17-14-,22-19?,28-27?,32-21?,33-29?/t35-/m1/s1. The average Bonchev–Trinajstić information content (AvgIpc) is 2.91. The minimum Gasteiger partial charge on any atom is -0.461 e. The predicted molar refractivity (Wildman–Crippen MR) is 178 cm³/mol. The molecule has 3 nitrogen and oxygen atoms in total. The highest BCUT2D eigenvalue weighted by Crippen LogP contribution is 2.40. The van der Waals surface area contributed by atoms with E-state index in [1.54, 1.807) is 0 Å². The summed E-state index contributed by atoms with van der Waals surface area (Å²) < 4.78 is 5.39. The van der Waals surface area contributed by atoms with Crippen LogP contribution in [0.1, 0.15) is 144 Å². The van der Waals surface area contributed by atoms with Crippen LogP contribution in [-0.4, -0.2) is 23.8 Å². The van der Waals surface area contributed by atoms with Crippen LogP contribution in [0.15, 0.2) is 70.9 Å². The van der Waals surface area contributed by atoms with E-state index in [1.807, 2.05) is 13.0 Å². The third-order valence-corrected chi connectivity index (χ3v) is 8.14. The molecule has 0 unspecified atom stereocenters. The monoisotopic (exact) mass is 566 g/mol. The highest BCUT2D eigenvalue weighted by Gasteiger charge is 2.26. The molecule has 1 atom stereocenters. The molecule has 0 amide bonds. The lowest BCUT2D eigenvalue weighted by Gasteiger charge is -2.32. The Hall–Kier alpha value is -2.13. The summed E-state index contributed by atoms with van der Waals surface area (Å²) in [6, 6.07) is 0. The Morgan fingerprint density at radius 1 is 0.976 bits per heavy atom. The molecule has 0 fully saturated rings. The van der Waals surface area contributed by atoms with Gasteiger partial charge in [-0.2, -0.15) is 0 Å². The zero-order chi connectivity index (χ0) is 30.3. The van der Waals surface area contributed by atoms with E-state index < -0.39 is 0 Å². The molecule has 0 bridgehead atoms. The molecule has 1 rings (SSSR count). The molecule has 0 saturated heterocycles. The van der Waals surface area contributed by atoms with Crippen LogP contribution < -0.4 is 0 Å². The summed E-state index contributed by atoms with van der Waals surface area (Å²) in [7, 11) is 0. The van der Waals surface area contributed by atoms with Gasteiger partial charge in [-0.1, -0.05) is 125 Å². The zero-order valence-electron chi connectivity index (χ0n) is 27.5. The molecule has 232 valence electrons. The molecule has 0 spiro atoms. The van der Waals surface area contributed by atoms with Gasteiger partial charge < -0.3 is 9.84 Å². The van der Waals surface area contributed by atoms with Crippen LogP contribution in [0.2, 0.25) is 0 Å². The summed E-state index contributed by atoms with van der Waals surface area (Å²) in [6.07, 6.45) is 34.3. The maximum absolute atomic E-state index is 12.0. The van der Waals surface area contributed by atoms with E-state index >= 15 is 0 Å². The number of hydrogen-bond donors (Lipinski definition) is 1. The summed E-state index contributed by atoms with van der Waals surface area (Å²) in [5.41, 5.74) is 5.59. The fourth-order valence-electron chi connectivity index (χ4n) is 5.40. The minimum atomic E-state index is -0.181. The molecule has 1 aliphatic rings. The van der Waals surface area contributed by atoms with Gasteiger partial charge >= 0.3 is 5.97 Å². The van der Waals surface area contributed by atoms with Crippen LogP contribution >= 0.6 is 0 Å². The molecular weight excluding hydrogens is 504 g/mol. The van der Waals surface area contributed by atoms with Crippen molar-refractivity contribution < 1.29 is 14.6 Å². The zero-order valence-corrected chi connectivity index (χ0v) is 27.5. The number of carbonyl (C=O) groups excluding carboxylic acids is 1. The molecule has 3 heteroatoms. The average molecular weight is 567 g/mol. The molecule has 0 saturated carbocycles. The number of esters is 1. The van der Waals surface area contributed by atoms with E-state index in [-0.39, 0.29) is 17.5 Å². The van der Waals surface area contributed by atoms with Gasteiger partial charge in [0, 0.05) is 6.42 Å². The molecule has 1 N–H and O–H groups in total. The number of aliphatic hydroxyl groups excluding tert-OH is 1. The van der Waals surface area contributed by atoms with Crippen molar-refractivity contribution in [2.45, 2.75) is 150 Å². The number of ether oxygens (including phenoxy) is 1. The maximum atomic E-state index is 12.0. The third kappa shape index (κ3) is 18.8. The van der Waals surface area contributed by atoms with Gasteiger partial charge in [-0.05, 0) is 89.2 Å². The van der Waals surface area contributed by atoms with Gasteiger partial charge in [-0.25, -0.2) is 0 Å². The Bertz CT molecular complexity index is 910. The SMILES string of the molecule is CCCCCC[C@@H](O)C/C=C\CCCCCCCC(=O)OCC=C(C)C=CC=C(C)C=CC1=C(C)CCCC1(C)C. The van der Waals surface area contributed by atoms with E-state index in [9.17, 15) is 9.90 Å². The predicted octanol–water partition coefficient (Wildman–Crippen LogP) is 11.1. The van der Waals surface area contributed by atoms with Crippen molar-refractivity contribution in [1.82, 2.24) is 0 Å². The van der Waals surface area contributed by atoms with E-state index in [1.165, 1.54) is 68.1 Å². The molecule has 0 aromatic rings. The van der Waals surface area contributed by atoms with E-state index in [4.69, 9.17) is 4.74 Å². The number of hydrogen-bond acceptors (Lipinski definition) is 3. The highest BCUT2D eigenvalue weighted by molar-refractivity contribution is 5.69. The second kappa shape index (κ2) is 22.5. The first-order chi connectivity index (χ1) is 19.7. The van der Waals surface area contributed by atoms with Crippen LogP contribution in [0.25, 0.3) is 0 Å². The lowest BCUT2D eigenvalue weighted by Crippen LogP contribution is -2.19. The molecule has 0 heterocycles. The number of carbonyl (C=O) groups is 1. The summed E-state index contributed by atoms with van der Waals surface area (Å²) in [5, 5.41) is 10.00. The smallest absolute Gasteiger partial charge is 0.306 e. The van der Waals surface area contributed by atoms with Crippen LogP contribution in [0.4, 0.5) is 0 Å². The summed E-state index contributed by atoms with van der Waals surface area (Å²) >= 11 is 0. The van der Waals surface area contributed by atoms with E-state index in [0.717, 1.165) is 50.5 Å². The number of aliphatic hydroxyl groups is 1. The summed E-state index contributed by atoms with van der Waals surface area (Å²) in [6.45, 7) is 13.7. The van der Waals surface area contributed by atoms with Crippen molar-refractivity contribution >= 4 is 5.97 Å². The molecule has 1 aliphatic carbocycles. The van der Waals surface area contributed by atoms with Gasteiger partial charge in [-0.3, -0.25) is 4.79 Å². The van der Waals surface area contributed by atoms with Crippen LogP contribution in [0.5, 0.6) is 0 Å². The molecule has 0 aromatic carbocycles. The quantitative estimate of drug-likeness (QED) is 0.0650. The van der Waals surface area contributed by atoms with Crippen molar-refractivity contribution in [3.05, 3.63) is 70.9 Å². The van der Waals surface area contributed by atoms with Crippen LogP contribution in [-0.2, 0) is 9.53 Å². The van der Waals surface area contributed by atoms with Crippen molar-refractivity contribution in [2.24, 2.45) is 5.41 Å². The molecular formula is C38H62O3. The summed E-state index contributed by atoms with van der Waals surface area (Å²) in [4.78, 5) is 12.0. The lowest BCUT2D eigenvalue weighted by molar-refractivity contribution is -0.142. The van der Waals surface area contributed by atoms with E-state index in [0.29, 0.717) is 13.0 Å². The number of unbranched alkanes of at least 4 members (excludes halogenated alkanes) is 8. The van der Waals surface area contributed by atoms with Crippen LogP contribution in [0.3, 0.4) is 0 Å². The van der Waals surface area contributed by atoms with Crippen molar-refractivity contribution in [3.63, 3.8) is 0 Å². The fourth-order valence-corrected chi connectivity index (χ4v) is 5.40. The lowest BCUT2D eigenvalue weighted by atomic mass is 9.72. The Kier molecular flexibility index (Phi) is 20.2. The van der Waals surface area contributed by atoms with Gasteiger partial charge in [0.25, 0.3) is 0 Å². The van der Waals surface area contributed by atoms with Crippen LogP contribution in [0, 0.1) is 5.41 Å². The first-order valence-corrected chi connectivity index (χ1v) is 16.5. The second-order valence-corrected chi connectivity index (χ2v) is 12.7. The van der Waals surface area contributed by atoms with Gasteiger partial charge in [0.2, 0.25) is 0 Å². The topological polar surface area (TPSA) is 46.5 Å². The molecule has 0 aliphatic heterocycles. The van der Waals surface area contributed by atoms with Gasteiger partial charge in [0.1, 0.15) is 6.61 Å². The van der Waals surface area contributed by atoms with Crippen molar-refractivity contribution in [3.8, 4) is 0 Å². The number of allylic oxidation sites excluding steroid dienone is 10. The minimum absolute atomic E-state index is 0.106. The van der Waals surface area contributed by atoms with Gasteiger partial charge in [0.15, 0.2) is 0 Å². The maximum Gasteiger partial charge on any atom is 0.306 e. The first kappa shape index (κ1) is 36.9. The number of rotatable bonds is 21. The van der Waals surface area contributed by atoms with E-state index in [2.05, 4.69) is 77.2 Å². The Balaban J connectivity index is 2.13. The molecule has 41 heavy (non-hydrogen) atoms. The first-order valence-electron chi connectivity index (χ1n) is 16.5.